The van der Waals surface area contributed by atoms with E-state index in [4.69, 9.17) is 11.5 Å². The molecule has 0 unspecified atom stereocenters. The van der Waals surface area contributed by atoms with Gasteiger partial charge in [0.15, 0.2) is 0 Å². The van der Waals surface area contributed by atoms with Crippen LogP contribution in [0.15, 0.2) is 89.8 Å². The summed E-state index contributed by atoms with van der Waals surface area (Å²) in [6.07, 6.45) is 0.752. The summed E-state index contributed by atoms with van der Waals surface area (Å²) < 4.78 is 29.3. The fourth-order valence-corrected chi connectivity index (χ4v) is 5.18. The average molecular weight is 495 g/mol. The highest BCUT2D eigenvalue weighted by Gasteiger charge is 2.29. The summed E-state index contributed by atoms with van der Waals surface area (Å²) in [5.41, 5.74) is 13.2. The molecule has 2 atom stereocenters. The van der Waals surface area contributed by atoms with Crippen LogP contribution >= 0.6 is 0 Å². The monoisotopic (exact) mass is 494 g/mol. The van der Waals surface area contributed by atoms with E-state index in [0.717, 1.165) is 11.1 Å². The number of amides is 2. The van der Waals surface area contributed by atoms with Gasteiger partial charge in [-0.3, -0.25) is 9.59 Å². The van der Waals surface area contributed by atoms with E-state index in [9.17, 15) is 18.0 Å². The number of hydrogen-bond acceptors (Lipinski definition) is 5. The van der Waals surface area contributed by atoms with E-state index in [1.54, 1.807) is 18.2 Å². The van der Waals surface area contributed by atoms with Crippen LogP contribution in [0.5, 0.6) is 0 Å². The third kappa shape index (κ3) is 7.22. The van der Waals surface area contributed by atoms with Gasteiger partial charge in [0, 0.05) is 12.0 Å². The topological polar surface area (TPSA) is 144 Å². The summed E-state index contributed by atoms with van der Waals surface area (Å²) in [7, 11) is -4.10. The van der Waals surface area contributed by atoms with E-state index < -0.39 is 33.9 Å². The standard InChI is InChI=1S/C26H30N4O4S/c27-17-9-15-22(26(32)29-23(25(28)31)18-19-10-3-1-4-11-19)30-35(33,34)24-16-8-7-14-21(24)20-12-5-2-6-13-20/h1-8,10-14,16,22-23,30H,9,15,17-18,27H2,(H2,28,31)(H,29,32)/t22-,23-/m0/s1. The van der Waals surface area contributed by atoms with Crippen molar-refractivity contribution in [3.63, 3.8) is 0 Å². The first-order chi connectivity index (χ1) is 16.8. The number of hydrogen-bond donors (Lipinski definition) is 4. The molecule has 0 radical (unpaired) electrons. The fourth-order valence-electron chi connectivity index (χ4n) is 3.72. The van der Waals surface area contributed by atoms with Crippen molar-refractivity contribution in [2.45, 2.75) is 36.2 Å². The normalized spacial score (nSPS) is 13.1. The molecule has 3 rings (SSSR count). The van der Waals surface area contributed by atoms with Crippen molar-refractivity contribution in [3.8, 4) is 11.1 Å². The first-order valence-corrected chi connectivity index (χ1v) is 12.8. The highest BCUT2D eigenvalue weighted by atomic mass is 32.2. The minimum atomic E-state index is -4.10. The van der Waals surface area contributed by atoms with Crippen molar-refractivity contribution in [1.29, 1.82) is 0 Å². The summed E-state index contributed by atoms with van der Waals surface area (Å²) >= 11 is 0. The van der Waals surface area contributed by atoms with Crippen LogP contribution in [-0.2, 0) is 26.0 Å². The number of carbonyl (C=O) groups excluding carboxylic acids is 2. The molecule has 0 aliphatic rings. The number of sulfonamides is 1. The Morgan fingerprint density at radius 3 is 2.06 bits per heavy atom. The number of benzene rings is 3. The van der Waals surface area contributed by atoms with Crippen LogP contribution in [0.25, 0.3) is 11.1 Å². The summed E-state index contributed by atoms with van der Waals surface area (Å²) in [5.74, 6) is -1.35. The quantitative estimate of drug-likeness (QED) is 0.304. The van der Waals surface area contributed by atoms with Gasteiger partial charge in [-0.05, 0) is 36.6 Å². The Balaban J connectivity index is 1.84. The minimum Gasteiger partial charge on any atom is -0.368 e. The minimum absolute atomic E-state index is 0.0486. The Bertz CT molecular complexity index is 1230. The van der Waals surface area contributed by atoms with Gasteiger partial charge in [-0.15, -0.1) is 0 Å². The van der Waals surface area contributed by atoms with E-state index in [2.05, 4.69) is 10.0 Å². The number of carbonyl (C=O) groups is 2. The molecule has 0 spiro atoms. The van der Waals surface area contributed by atoms with Crippen LogP contribution < -0.4 is 21.5 Å². The number of rotatable bonds is 12. The van der Waals surface area contributed by atoms with Crippen LogP contribution in [0, 0.1) is 0 Å². The molecule has 0 saturated carbocycles. The van der Waals surface area contributed by atoms with Crippen molar-refractivity contribution < 1.29 is 18.0 Å². The lowest BCUT2D eigenvalue weighted by Crippen LogP contribution is -2.53. The predicted octanol–water partition coefficient (Wildman–Crippen LogP) is 1.95. The van der Waals surface area contributed by atoms with E-state index in [0.29, 0.717) is 12.0 Å². The van der Waals surface area contributed by atoms with Gasteiger partial charge in [0.2, 0.25) is 21.8 Å². The molecule has 0 aliphatic carbocycles. The number of nitrogens with two attached hydrogens (primary N) is 2. The largest absolute Gasteiger partial charge is 0.368 e. The molecule has 0 aromatic heterocycles. The van der Waals surface area contributed by atoms with Gasteiger partial charge in [-0.2, -0.15) is 4.72 Å². The lowest BCUT2D eigenvalue weighted by Gasteiger charge is -2.22. The van der Waals surface area contributed by atoms with Gasteiger partial charge in [0.05, 0.1) is 4.90 Å². The Hall–Kier alpha value is -3.53. The lowest BCUT2D eigenvalue weighted by molar-refractivity contribution is -0.128. The van der Waals surface area contributed by atoms with Crippen LogP contribution in [0.4, 0.5) is 0 Å². The molecule has 8 nitrogen and oxygen atoms in total. The fraction of sp³-hybridized carbons (Fsp3) is 0.231. The number of nitrogens with one attached hydrogen (secondary N) is 2. The van der Waals surface area contributed by atoms with E-state index in [-0.39, 0.29) is 24.3 Å². The molecule has 6 N–H and O–H groups in total. The third-order valence-electron chi connectivity index (χ3n) is 5.51. The average Bonchev–Trinajstić information content (AvgIpc) is 2.87. The van der Waals surface area contributed by atoms with Gasteiger partial charge in [0.1, 0.15) is 12.1 Å². The Kier molecular flexibility index (Phi) is 9.13. The molecule has 0 bridgehead atoms. The highest BCUT2D eigenvalue weighted by Crippen LogP contribution is 2.27. The molecular weight excluding hydrogens is 464 g/mol. The first kappa shape index (κ1) is 26.1. The SMILES string of the molecule is NCCC[C@H](NS(=O)(=O)c1ccccc1-c1ccccc1)C(=O)N[C@@H](Cc1ccccc1)C(N)=O. The van der Waals surface area contributed by atoms with Gasteiger partial charge in [-0.1, -0.05) is 78.9 Å². The first-order valence-electron chi connectivity index (χ1n) is 11.3. The van der Waals surface area contributed by atoms with E-state index >= 15 is 0 Å². The Labute approximate surface area is 205 Å². The molecular formula is C26H30N4O4S. The molecule has 0 saturated heterocycles. The smallest absolute Gasteiger partial charge is 0.241 e. The van der Waals surface area contributed by atoms with Crippen molar-refractivity contribution in [1.82, 2.24) is 10.0 Å². The van der Waals surface area contributed by atoms with Crippen LogP contribution in [0.1, 0.15) is 18.4 Å². The van der Waals surface area contributed by atoms with Crippen LogP contribution in [0.3, 0.4) is 0 Å². The highest BCUT2D eigenvalue weighted by molar-refractivity contribution is 7.89. The van der Waals surface area contributed by atoms with Gasteiger partial charge >= 0.3 is 0 Å². The third-order valence-corrected chi connectivity index (χ3v) is 7.04. The molecule has 35 heavy (non-hydrogen) atoms. The maximum Gasteiger partial charge on any atom is 0.241 e. The van der Waals surface area contributed by atoms with Crippen molar-refractivity contribution in [2.75, 3.05) is 6.54 Å². The predicted molar refractivity (Wildman–Crippen MR) is 136 cm³/mol. The summed E-state index contributed by atoms with van der Waals surface area (Å²) in [4.78, 5) is 25.2. The molecule has 2 amide bonds. The molecule has 0 fully saturated rings. The summed E-state index contributed by atoms with van der Waals surface area (Å²) in [6.45, 7) is 0.273. The molecule has 3 aromatic rings. The van der Waals surface area contributed by atoms with Gasteiger partial charge in [0.25, 0.3) is 0 Å². The summed E-state index contributed by atoms with van der Waals surface area (Å²) in [6, 6.07) is 22.7. The zero-order valence-corrected chi connectivity index (χ0v) is 20.1. The molecule has 0 aliphatic heterocycles. The summed E-state index contributed by atoms with van der Waals surface area (Å²) in [5, 5.41) is 2.61. The maximum atomic E-state index is 13.4. The zero-order chi connectivity index (χ0) is 25.3. The van der Waals surface area contributed by atoms with Gasteiger partial charge < -0.3 is 16.8 Å². The lowest BCUT2D eigenvalue weighted by atomic mass is 10.0. The van der Waals surface area contributed by atoms with E-state index in [1.807, 2.05) is 60.7 Å². The van der Waals surface area contributed by atoms with Crippen molar-refractivity contribution in [3.05, 3.63) is 90.5 Å². The Morgan fingerprint density at radius 2 is 1.43 bits per heavy atom. The number of primary amides is 1. The van der Waals surface area contributed by atoms with Crippen molar-refractivity contribution >= 4 is 21.8 Å². The molecule has 9 heteroatoms. The maximum absolute atomic E-state index is 13.4. The van der Waals surface area contributed by atoms with Crippen LogP contribution in [0.2, 0.25) is 0 Å². The molecule has 3 aromatic carbocycles. The molecule has 184 valence electrons. The zero-order valence-electron chi connectivity index (χ0n) is 19.3. The Morgan fingerprint density at radius 1 is 0.829 bits per heavy atom. The molecule has 0 heterocycles. The second-order valence-electron chi connectivity index (χ2n) is 8.12. The van der Waals surface area contributed by atoms with Crippen molar-refractivity contribution in [2.24, 2.45) is 11.5 Å². The van der Waals surface area contributed by atoms with E-state index in [1.165, 1.54) is 6.07 Å². The van der Waals surface area contributed by atoms with Gasteiger partial charge in [-0.25, -0.2) is 8.42 Å². The van der Waals surface area contributed by atoms with Crippen LogP contribution in [-0.4, -0.2) is 38.9 Å². The second kappa shape index (κ2) is 12.3. The second-order valence-corrected chi connectivity index (χ2v) is 9.80.